The Kier molecular flexibility index (Phi) is 2.62. The van der Waals surface area contributed by atoms with Crippen LogP contribution in [-0.4, -0.2) is 18.0 Å². The van der Waals surface area contributed by atoms with Crippen LogP contribution in [-0.2, 0) is 11.2 Å². The van der Waals surface area contributed by atoms with Crippen LogP contribution in [0, 0.1) is 0 Å². The molecule has 0 amide bonds. The van der Waals surface area contributed by atoms with Crippen LogP contribution in [0.5, 0.6) is 11.5 Å². The fourth-order valence-corrected chi connectivity index (χ4v) is 1.85. The van der Waals surface area contributed by atoms with Gasteiger partial charge in [-0.1, -0.05) is 6.92 Å². The molecule has 0 aliphatic carbocycles. The maximum absolute atomic E-state index is 10.7. The van der Waals surface area contributed by atoms with E-state index in [-0.39, 0.29) is 11.7 Å². The number of phenols is 1. The summed E-state index contributed by atoms with van der Waals surface area (Å²) in [7, 11) is 0. The average molecular weight is 206 g/mol. The van der Waals surface area contributed by atoms with Crippen LogP contribution in [0.25, 0.3) is 0 Å². The smallest absolute Gasteiger partial charge is 0.127 e. The van der Waals surface area contributed by atoms with E-state index in [9.17, 15) is 9.90 Å². The Bertz CT molecular complexity index is 385. The van der Waals surface area contributed by atoms with Gasteiger partial charge in [-0.25, -0.2) is 0 Å². The van der Waals surface area contributed by atoms with Gasteiger partial charge in [0.2, 0.25) is 0 Å². The van der Waals surface area contributed by atoms with Crippen molar-refractivity contribution >= 4 is 6.29 Å². The number of aryl methyl sites for hydroxylation is 1. The van der Waals surface area contributed by atoms with E-state index in [1.807, 2.05) is 6.07 Å². The molecule has 0 fully saturated rings. The van der Waals surface area contributed by atoms with Gasteiger partial charge in [0, 0.05) is 17.5 Å². The molecule has 0 radical (unpaired) electrons. The molecule has 3 nitrogen and oxygen atoms in total. The first-order valence-electron chi connectivity index (χ1n) is 5.16. The lowest BCUT2D eigenvalue weighted by molar-refractivity contribution is -0.108. The van der Waals surface area contributed by atoms with Crippen molar-refractivity contribution in [3.8, 4) is 11.5 Å². The molecular formula is C12H14O3. The van der Waals surface area contributed by atoms with E-state index in [2.05, 4.69) is 0 Å². The molecule has 15 heavy (non-hydrogen) atoms. The van der Waals surface area contributed by atoms with Gasteiger partial charge >= 0.3 is 0 Å². The summed E-state index contributed by atoms with van der Waals surface area (Å²) < 4.78 is 5.42. The first-order valence-corrected chi connectivity index (χ1v) is 5.16. The van der Waals surface area contributed by atoms with Crippen molar-refractivity contribution in [3.05, 3.63) is 23.3 Å². The van der Waals surface area contributed by atoms with E-state index in [0.29, 0.717) is 12.2 Å². The number of phenolic OH excluding ortho intramolecular Hbond substituents is 1. The minimum Gasteiger partial charge on any atom is -0.508 e. The second-order valence-electron chi connectivity index (χ2n) is 3.90. The minimum atomic E-state index is -0.266. The summed E-state index contributed by atoms with van der Waals surface area (Å²) in [4.78, 5) is 10.7. The van der Waals surface area contributed by atoms with Crippen LogP contribution in [0.4, 0.5) is 0 Å². The third kappa shape index (κ3) is 1.82. The standard InChI is InChI=1S/C12H14O3/c1-8(7-13)10-5-9-3-2-4-15-12(9)6-11(10)14/h5-8,14H,2-4H2,1H3. The molecule has 3 heteroatoms. The Balaban J connectivity index is 2.44. The number of rotatable bonds is 2. The van der Waals surface area contributed by atoms with Crippen LogP contribution in [0.15, 0.2) is 12.1 Å². The molecule has 0 saturated carbocycles. The topological polar surface area (TPSA) is 46.5 Å². The molecule has 1 unspecified atom stereocenters. The number of fused-ring (bicyclic) bond motifs is 1. The molecule has 80 valence electrons. The summed E-state index contributed by atoms with van der Waals surface area (Å²) in [5, 5.41) is 9.73. The second kappa shape index (κ2) is 3.93. The maximum Gasteiger partial charge on any atom is 0.127 e. The number of carbonyl (C=O) groups excluding carboxylic acids is 1. The Hall–Kier alpha value is -1.51. The number of benzene rings is 1. The highest BCUT2D eigenvalue weighted by atomic mass is 16.5. The number of aldehydes is 1. The predicted octanol–water partition coefficient (Wildman–Crippen LogP) is 2.02. The molecule has 0 spiro atoms. The lowest BCUT2D eigenvalue weighted by atomic mass is 9.96. The van der Waals surface area contributed by atoms with Crippen LogP contribution in [0.1, 0.15) is 30.4 Å². The van der Waals surface area contributed by atoms with Gasteiger partial charge in [-0.3, -0.25) is 0 Å². The highest BCUT2D eigenvalue weighted by Gasteiger charge is 2.17. The van der Waals surface area contributed by atoms with E-state index in [1.54, 1.807) is 13.0 Å². The van der Waals surface area contributed by atoms with Gasteiger partial charge < -0.3 is 14.6 Å². The van der Waals surface area contributed by atoms with Crippen molar-refractivity contribution in [3.63, 3.8) is 0 Å². The molecule has 0 saturated heterocycles. The Labute approximate surface area is 88.7 Å². The zero-order valence-corrected chi connectivity index (χ0v) is 8.69. The highest BCUT2D eigenvalue weighted by molar-refractivity contribution is 5.65. The quantitative estimate of drug-likeness (QED) is 0.753. The normalized spacial score (nSPS) is 16.3. The fraction of sp³-hybridized carbons (Fsp3) is 0.417. The van der Waals surface area contributed by atoms with Crippen molar-refractivity contribution in [2.75, 3.05) is 6.61 Å². The Morgan fingerprint density at radius 1 is 1.53 bits per heavy atom. The molecule has 0 aromatic heterocycles. The molecule has 1 aromatic carbocycles. The highest BCUT2D eigenvalue weighted by Crippen LogP contribution is 2.34. The van der Waals surface area contributed by atoms with Crippen molar-refractivity contribution in [2.24, 2.45) is 0 Å². The number of aromatic hydroxyl groups is 1. The summed E-state index contributed by atoms with van der Waals surface area (Å²) in [6, 6.07) is 3.49. The van der Waals surface area contributed by atoms with Crippen molar-refractivity contribution in [1.82, 2.24) is 0 Å². The van der Waals surface area contributed by atoms with Crippen molar-refractivity contribution in [2.45, 2.75) is 25.7 Å². The van der Waals surface area contributed by atoms with E-state index < -0.39 is 0 Å². The van der Waals surface area contributed by atoms with Gasteiger partial charge in [0.15, 0.2) is 0 Å². The minimum absolute atomic E-state index is 0.148. The van der Waals surface area contributed by atoms with Gasteiger partial charge in [0.25, 0.3) is 0 Å². The summed E-state index contributed by atoms with van der Waals surface area (Å²) >= 11 is 0. The molecule has 2 rings (SSSR count). The second-order valence-corrected chi connectivity index (χ2v) is 3.90. The SMILES string of the molecule is CC(C=O)c1cc2c(cc1O)OCCC2. The zero-order chi connectivity index (χ0) is 10.8. The van der Waals surface area contributed by atoms with Gasteiger partial charge in [-0.15, -0.1) is 0 Å². The summed E-state index contributed by atoms with van der Waals surface area (Å²) in [5.41, 5.74) is 1.78. The third-order valence-electron chi connectivity index (χ3n) is 2.75. The first kappa shape index (κ1) is 10.0. The largest absolute Gasteiger partial charge is 0.508 e. The van der Waals surface area contributed by atoms with Gasteiger partial charge in [-0.05, 0) is 24.5 Å². The van der Waals surface area contributed by atoms with Gasteiger partial charge in [-0.2, -0.15) is 0 Å². The first-order chi connectivity index (χ1) is 7.22. The molecule has 1 N–H and O–H groups in total. The van der Waals surface area contributed by atoms with Crippen molar-refractivity contribution in [1.29, 1.82) is 0 Å². The van der Waals surface area contributed by atoms with Crippen molar-refractivity contribution < 1.29 is 14.6 Å². The Morgan fingerprint density at radius 3 is 3.07 bits per heavy atom. The van der Waals surface area contributed by atoms with Gasteiger partial charge in [0.05, 0.1) is 6.61 Å². The van der Waals surface area contributed by atoms with Crippen LogP contribution >= 0.6 is 0 Å². The maximum atomic E-state index is 10.7. The Morgan fingerprint density at radius 2 is 2.33 bits per heavy atom. The molecule has 1 aromatic rings. The molecule has 0 bridgehead atoms. The summed E-state index contributed by atoms with van der Waals surface area (Å²) in [6.45, 7) is 2.48. The van der Waals surface area contributed by atoms with Crippen LogP contribution in [0.3, 0.4) is 0 Å². The van der Waals surface area contributed by atoms with E-state index in [4.69, 9.17) is 4.74 Å². The molecule has 1 heterocycles. The summed E-state index contributed by atoms with van der Waals surface area (Å²) in [6.07, 6.45) is 2.78. The predicted molar refractivity (Wildman–Crippen MR) is 56.4 cm³/mol. The van der Waals surface area contributed by atoms with Crippen LogP contribution < -0.4 is 4.74 Å². The number of carbonyl (C=O) groups is 1. The van der Waals surface area contributed by atoms with E-state index >= 15 is 0 Å². The van der Waals surface area contributed by atoms with Crippen LogP contribution in [0.2, 0.25) is 0 Å². The number of hydrogen-bond acceptors (Lipinski definition) is 3. The molecule has 1 aliphatic heterocycles. The average Bonchev–Trinajstić information content (AvgIpc) is 2.27. The monoisotopic (exact) mass is 206 g/mol. The molecular weight excluding hydrogens is 192 g/mol. The number of hydrogen-bond donors (Lipinski definition) is 1. The lowest BCUT2D eigenvalue weighted by Gasteiger charge is -2.19. The molecule has 1 aliphatic rings. The number of ether oxygens (including phenoxy) is 1. The lowest BCUT2D eigenvalue weighted by Crippen LogP contribution is -2.09. The van der Waals surface area contributed by atoms with E-state index in [0.717, 1.165) is 30.4 Å². The zero-order valence-electron chi connectivity index (χ0n) is 8.69. The fourth-order valence-electron chi connectivity index (χ4n) is 1.85. The van der Waals surface area contributed by atoms with E-state index in [1.165, 1.54) is 0 Å². The summed E-state index contributed by atoms with van der Waals surface area (Å²) in [5.74, 6) is 0.632. The third-order valence-corrected chi connectivity index (χ3v) is 2.75. The van der Waals surface area contributed by atoms with Gasteiger partial charge in [0.1, 0.15) is 17.8 Å². The molecule has 1 atom stereocenters.